The van der Waals surface area contributed by atoms with Gasteiger partial charge in [0.25, 0.3) is 0 Å². The Balaban J connectivity index is 3.24. The lowest BCUT2D eigenvalue weighted by Crippen LogP contribution is -1.91. The Kier molecular flexibility index (Phi) is 2.50. The van der Waals surface area contributed by atoms with Gasteiger partial charge in [-0.25, -0.2) is 4.39 Å². The molecule has 0 bridgehead atoms. The second-order valence-electron chi connectivity index (χ2n) is 2.66. The predicted molar refractivity (Wildman–Crippen MR) is 45.4 cm³/mol. The molecule has 0 aromatic heterocycles. The molecule has 0 saturated carbocycles. The van der Waals surface area contributed by atoms with Crippen molar-refractivity contribution in [3.63, 3.8) is 0 Å². The van der Waals surface area contributed by atoms with Crippen LogP contribution in [0.25, 0.3) is 0 Å². The third-order valence-electron chi connectivity index (χ3n) is 1.74. The maximum absolute atomic E-state index is 13.0. The van der Waals surface area contributed by atoms with E-state index in [0.717, 1.165) is 11.1 Å². The standard InChI is InChI=1S/C9H10ClF/c1-6-3-8(5-10)7(2)9(11)4-6/h3-4H,5H2,1-2H3. The summed E-state index contributed by atoms with van der Waals surface area (Å²) < 4.78 is 13.0. The molecule has 0 aliphatic carbocycles. The normalized spacial score (nSPS) is 10.2. The van der Waals surface area contributed by atoms with Gasteiger partial charge in [-0.05, 0) is 36.6 Å². The van der Waals surface area contributed by atoms with Crippen LogP contribution >= 0.6 is 11.6 Å². The van der Waals surface area contributed by atoms with Gasteiger partial charge in [0.1, 0.15) is 5.82 Å². The maximum Gasteiger partial charge on any atom is 0.126 e. The lowest BCUT2D eigenvalue weighted by atomic mass is 10.1. The summed E-state index contributed by atoms with van der Waals surface area (Å²) in [5.74, 6) is 0.213. The Morgan fingerprint density at radius 1 is 1.36 bits per heavy atom. The van der Waals surface area contributed by atoms with Crippen molar-refractivity contribution in [1.82, 2.24) is 0 Å². The number of hydrogen-bond acceptors (Lipinski definition) is 0. The molecule has 11 heavy (non-hydrogen) atoms. The third-order valence-corrected chi connectivity index (χ3v) is 2.03. The molecule has 60 valence electrons. The van der Waals surface area contributed by atoms with Gasteiger partial charge in [0.2, 0.25) is 0 Å². The first-order chi connectivity index (χ1) is 5.15. The monoisotopic (exact) mass is 172 g/mol. The summed E-state index contributed by atoms with van der Waals surface area (Å²) >= 11 is 5.61. The molecule has 0 amide bonds. The van der Waals surface area contributed by atoms with Gasteiger partial charge in [0, 0.05) is 5.88 Å². The van der Waals surface area contributed by atoms with Crippen molar-refractivity contribution in [2.45, 2.75) is 19.7 Å². The predicted octanol–water partition coefficient (Wildman–Crippen LogP) is 3.18. The smallest absolute Gasteiger partial charge is 0.126 e. The molecule has 0 saturated heterocycles. The molecule has 0 fully saturated rings. The van der Waals surface area contributed by atoms with Crippen LogP contribution in [0.1, 0.15) is 16.7 Å². The topological polar surface area (TPSA) is 0 Å². The first-order valence-electron chi connectivity index (χ1n) is 3.46. The average Bonchev–Trinajstić information content (AvgIpc) is 1.96. The van der Waals surface area contributed by atoms with Gasteiger partial charge in [-0.1, -0.05) is 6.07 Å². The number of hydrogen-bond donors (Lipinski definition) is 0. The SMILES string of the molecule is Cc1cc(F)c(C)c(CCl)c1. The zero-order valence-corrected chi connectivity index (χ0v) is 7.37. The fraction of sp³-hybridized carbons (Fsp3) is 0.333. The summed E-state index contributed by atoms with van der Waals surface area (Å²) in [6, 6.07) is 3.43. The maximum atomic E-state index is 13.0. The van der Waals surface area contributed by atoms with E-state index in [1.165, 1.54) is 6.07 Å². The molecule has 0 radical (unpaired) electrons. The molecule has 0 aliphatic heterocycles. The van der Waals surface area contributed by atoms with E-state index >= 15 is 0 Å². The van der Waals surface area contributed by atoms with E-state index in [1.54, 1.807) is 6.92 Å². The van der Waals surface area contributed by atoms with Crippen LogP contribution in [0, 0.1) is 19.7 Å². The van der Waals surface area contributed by atoms with Crippen molar-refractivity contribution in [2.75, 3.05) is 0 Å². The van der Waals surface area contributed by atoms with E-state index in [4.69, 9.17) is 11.6 Å². The number of aryl methyl sites for hydroxylation is 1. The second-order valence-corrected chi connectivity index (χ2v) is 2.93. The van der Waals surface area contributed by atoms with Crippen molar-refractivity contribution in [2.24, 2.45) is 0 Å². The number of alkyl halides is 1. The highest BCUT2D eigenvalue weighted by molar-refractivity contribution is 6.17. The Morgan fingerprint density at radius 3 is 2.55 bits per heavy atom. The summed E-state index contributed by atoms with van der Waals surface area (Å²) in [5, 5.41) is 0. The zero-order chi connectivity index (χ0) is 8.43. The molecular formula is C9H10ClF. The van der Waals surface area contributed by atoms with Crippen LogP contribution in [0.15, 0.2) is 12.1 Å². The molecule has 0 N–H and O–H groups in total. The molecule has 1 aromatic carbocycles. The highest BCUT2D eigenvalue weighted by atomic mass is 35.5. The van der Waals surface area contributed by atoms with E-state index in [-0.39, 0.29) is 5.82 Å². The molecule has 2 heteroatoms. The molecule has 0 heterocycles. The lowest BCUT2D eigenvalue weighted by Gasteiger charge is -2.04. The van der Waals surface area contributed by atoms with E-state index in [9.17, 15) is 4.39 Å². The quantitative estimate of drug-likeness (QED) is 0.571. The number of benzene rings is 1. The molecule has 0 unspecified atom stereocenters. The van der Waals surface area contributed by atoms with E-state index in [0.29, 0.717) is 11.4 Å². The third kappa shape index (κ3) is 1.72. The summed E-state index contributed by atoms with van der Waals surface area (Å²) in [4.78, 5) is 0. The molecule has 1 rings (SSSR count). The van der Waals surface area contributed by atoms with Crippen molar-refractivity contribution in [1.29, 1.82) is 0 Å². The van der Waals surface area contributed by atoms with Crippen LogP contribution in [0.3, 0.4) is 0 Å². The Labute approximate surface area is 71.0 Å². The highest BCUT2D eigenvalue weighted by Crippen LogP contribution is 2.16. The van der Waals surface area contributed by atoms with E-state index in [1.807, 2.05) is 13.0 Å². The summed E-state index contributed by atoms with van der Waals surface area (Å²) in [6.07, 6.45) is 0. The number of halogens is 2. The summed E-state index contributed by atoms with van der Waals surface area (Å²) in [6.45, 7) is 3.60. The Morgan fingerprint density at radius 2 is 2.00 bits per heavy atom. The van der Waals surface area contributed by atoms with Gasteiger partial charge in [0.15, 0.2) is 0 Å². The average molecular weight is 173 g/mol. The van der Waals surface area contributed by atoms with Crippen LogP contribution < -0.4 is 0 Å². The minimum Gasteiger partial charge on any atom is -0.207 e. The Bertz CT molecular complexity index is 269. The highest BCUT2D eigenvalue weighted by Gasteiger charge is 2.03. The van der Waals surface area contributed by atoms with Gasteiger partial charge in [0.05, 0.1) is 0 Å². The largest absolute Gasteiger partial charge is 0.207 e. The first kappa shape index (κ1) is 8.54. The second kappa shape index (κ2) is 3.22. The fourth-order valence-corrected chi connectivity index (χ4v) is 1.30. The van der Waals surface area contributed by atoms with Gasteiger partial charge in [-0.2, -0.15) is 0 Å². The molecule has 0 nitrogen and oxygen atoms in total. The van der Waals surface area contributed by atoms with Crippen molar-refractivity contribution >= 4 is 11.6 Å². The van der Waals surface area contributed by atoms with E-state index < -0.39 is 0 Å². The van der Waals surface area contributed by atoms with Gasteiger partial charge >= 0.3 is 0 Å². The zero-order valence-electron chi connectivity index (χ0n) is 6.62. The Hall–Kier alpha value is -0.560. The van der Waals surface area contributed by atoms with Gasteiger partial charge in [-0.15, -0.1) is 11.6 Å². The minimum atomic E-state index is -0.166. The van der Waals surface area contributed by atoms with Crippen LogP contribution in [-0.2, 0) is 5.88 Å². The lowest BCUT2D eigenvalue weighted by molar-refractivity contribution is 0.615. The number of rotatable bonds is 1. The van der Waals surface area contributed by atoms with Crippen molar-refractivity contribution in [3.8, 4) is 0 Å². The van der Waals surface area contributed by atoms with Crippen molar-refractivity contribution < 1.29 is 4.39 Å². The molecule has 0 atom stereocenters. The first-order valence-corrected chi connectivity index (χ1v) is 4.00. The fourth-order valence-electron chi connectivity index (χ4n) is 1.03. The molecule has 0 spiro atoms. The van der Waals surface area contributed by atoms with Crippen LogP contribution in [0.4, 0.5) is 4.39 Å². The van der Waals surface area contributed by atoms with Gasteiger partial charge in [-0.3, -0.25) is 0 Å². The van der Waals surface area contributed by atoms with Crippen molar-refractivity contribution in [3.05, 3.63) is 34.6 Å². The summed E-state index contributed by atoms with van der Waals surface area (Å²) in [5.41, 5.74) is 2.46. The minimum absolute atomic E-state index is 0.166. The molecule has 1 aromatic rings. The molecular weight excluding hydrogens is 163 g/mol. The van der Waals surface area contributed by atoms with Crippen LogP contribution in [-0.4, -0.2) is 0 Å². The van der Waals surface area contributed by atoms with Crippen LogP contribution in [0.2, 0.25) is 0 Å². The molecule has 0 aliphatic rings. The summed E-state index contributed by atoms with van der Waals surface area (Å²) in [7, 11) is 0. The van der Waals surface area contributed by atoms with Crippen LogP contribution in [0.5, 0.6) is 0 Å². The van der Waals surface area contributed by atoms with E-state index in [2.05, 4.69) is 0 Å². The van der Waals surface area contributed by atoms with Gasteiger partial charge < -0.3 is 0 Å².